The van der Waals surface area contributed by atoms with Crippen molar-refractivity contribution in [3.63, 3.8) is 0 Å². The molecule has 0 saturated carbocycles. The quantitative estimate of drug-likeness (QED) is 0.663. The Morgan fingerprint density at radius 3 is 2.94 bits per heavy atom. The number of hydrogen-bond acceptors (Lipinski definition) is 3. The molecule has 0 aromatic heterocycles. The SMILES string of the molecule is CCSCCCNc1cccc(CCCO)c1. The van der Waals surface area contributed by atoms with Gasteiger partial charge in [-0.2, -0.15) is 11.8 Å². The van der Waals surface area contributed by atoms with Gasteiger partial charge in [-0.05, 0) is 48.5 Å². The molecule has 17 heavy (non-hydrogen) atoms. The molecule has 3 heteroatoms. The van der Waals surface area contributed by atoms with Crippen LogP contribution in [0.2, 0.25) is 0 Å². The van der Waals surface area contributed by atoms with E-state index in [0.29, 0.717) is 0 Å². The van der Waals surface area contributed by atoms with Crippen molar-refractivity contribution in [3.8, 4) is 0 Å². The Morgan fingerprint density at radius 2 is 2.18 bits per heavy atom. The first kappa shape index (κ1) is 14.4. The van der Waals surface area contributed by atoms with Crippen LogP contribution >= 0.6 is 11.8 Å². The molecule has 2 nitrogen and oxygen atoms in total. The van der Waals surface area contributed by atoms with Crippen molar-refractivity contribution in [1.82, 2.24) is 0 Å². The summed E-state index contributed by atoms with van der Waals surface area (Å²) in [6.45, 7) is 3.51. The van der Waals surface area contributed by atoms with Crippen molar-refractivity contribution in [3.05, 3.63) is 29.8 Å². The van der Waals surface area contributed by atoms with Crippen molar-refractivity contribution in [2.45, 2.75) is 26.2 Å². The highest BCUT2D eigenvalue weighted by Gasteiger charge is 1.96. The van der Waals surface area contributed by atoms with Gasteiger partial charge in [-0.25, -0.2) is 0 Å². The maximum absolute atomic E-state index is 8.80. The maximum Gasteiger partial charge on any atom is 0.0434 e. The van der Waals surface area contributed by atoms with Gasteiger partial charge >= 0.3 is 0 Å². The van der Waals surface area contributed by atoms with Gasteiger partial charge in [0.25, 0.3) is 0 Å². The van der Waals surface area contributed by atoms with Gasteiger partial charge < -0.3 is 10.4 Å². The molecule has 0 radical (unpaired) electrons. The van der Waals surface area contributed by atoms with E-state index in [4.69, 9.17) is 5.11 Å². The van der Waals surface area contributed by atoms with Crippen LogP contribution in [0.25, 0.3) is 0 Å². The first-order chi connectivity index (χ1) is 8.36. The van der Waals surface area contributed by atoms with E-state index in [9.17, 15) is 0 Å². The Bertz CT molecular complexity index is 304. The summed E-state index contributed by atoms with van der Waals surface area (Å²) in [4.78, 5) is 0. The molecule has 1 aromatic rings. The molecule has 0 aliphatic rings. The molecule has 0 bridgehead atoms. The maximum atomic E-state index is 8.80. The minimum atomic E-state index is 0.270. The predicted molar refractivity (Wildman–Crippen MR) is 78.0 cm³/mol. The lowest BCUT2D eigenvalue weighted by atomic mass is 10.1. The van der Waals surface area contributed by atoms with Gasteiger partial charge in [-0.1, -0.05) is 19.1 Å². The molecular formula is C14H23NOS. The Balaban J connectivity index is 2.27. The molecule has 2 N–H and O–H groups in total. The number of aliphatic hydroxyl groups is 1. The van der Waals surface area contributed by atoms with Crippen molar-refractivity contribution in [2.75, 3.05) is 30.0 Å². The van der Waals surface area contributed by atoms with Crippen molar-refractivity contribution >= 4 is 17.4 Å². The third kappa shape index (κ3) is 6.59. The smallest absolute Gasteiger partial charge is 0.0434 e. The number of aliphatic hydroxyl groups excluding tert-OH is 1. The average Bonchev–Trinajstić information content (AvgIpc) is 2.37. The van der Waals surface area contributed by atoms with Gasteiger partial charge in [0.05, 0.1) is 0 Å². The van der Waals surface area contributed by atoms with E-state index < -0.39 is 0 Å². The number of benzene rings is 1. The van der Waals surface area contributed by atoms with Crippen LogP contribution in [0, 0.1) is 0 Å². The second-order valence-corrected chi connectivity index (χ2v) is 5.40. The zero-order valence-electron chi connectivity index (χ0n) is 10.6. The third-order valence-electron chi connectivity index (χ3n) is 2.55. The Morgan fingerprint density at radius 1 is 1.29 bits per heavy atom. The second kappa shape index (κ2) is 9.37. The molecule has 0 spiro atoms. The lowest BCUT2D eigenvalue weighted by Gasteiger charge is -2.08. The predicted octanol–water partition coefficient (Wildman–Crippen LogP) is 3.17. The Kier molecular flexibility index (Phi) is 7.93. The molecule has 0 amide bonds. The first-order valence-corrected chi connectivity index (χ1v) is 7.53. The van der Waals surface area contributed by atoms with Crippen LogP contribution < -0.4 is 5.32 Å². The normalized spacial score (nSPS) is 10.5. The molecule has 96 valence electrons. The Labute approximate surface area is 109 Å². The first-order valence-electron chi connectivity index (χ1n) is 6.38. The van der Waals surface area contributed by atoms with Crippen LogP contribution in [0.1, 0.15) is 25.3 Å². The van der Waals surface area contributed by atoms with Crippen LogP contribution in [-0.4, -0.2) is 29.8 Å². The number of thioether (sulfide) groups is 1. The fraction of sp³-hybridized carbons (Fsp3) is 0.571. The highest BCUT2D eigenvalue weighted by Crippen LogP contribution is 2.12. The van der Waals surface area contributed by atoms with Gasteiger partial charge in [0.1, 0.15) is 0 Å². The molecular weight excluding hydrogens is 230 g/mol. The molecule has 1 rings (SSSR count). The van der Waals surface area contributed by atoms with Crippen LogP contribution in [0.5, 0.6) is 0 Å². The van der Waals surface area contributed by atoms with Crippen molar-refractivity contribution < 1.29 is 5.11 Å². The topological polar surface area (TPSA) is 32.3 Å². The largest absolute Gasteiger partial charge is 0.396 e. The number of hydrogen-bond donors (Lipinski definition) is 2. The summed E-state index contributed by atoms with van der Waals surface area (Å²) in [5.74, 6) is 2.43. The zero-order chi connectivity index (χ0) is 12.3. The molecule has 1 aromatic carbocycles. The summed E-state index contributed by atoms with van der Waals surface area (Å²) in [5.41, 5.74) is 2.49. The molecule has 0 heterocycles. The Hall–Kier alpha value is -0.670. The monoisotopic (exact) mass is 253 g/mol. The highest BCUT2D eigenvalue weighted by atomic mass is 32.2. The fourth-order valence-electron chi connectivity index (χ4n) is 1.67. The summed E-state index contributed by atoms with van der Waals surface area (Å²) in [6.07, 6.45) is 3.01. The molecule has 0 aliphatic heterocycles. The molecule has 0 unspecified atom stereocenters. The summed E-state index contributed by atoms with van der Waals surface area (Å²) >= 11 is 1.99. The van der Waals surface area contributed by atoms with E-state index in [1.165, 1.54) is 29.2 Å². The number of anilines is 1. The molecule has 0 fully saturated rings. The van der Waals surface area contributed by atoms with Gasteiger partial charge in [0.2, 0.25) is 0 Å². The average molecular weight is 253 g/mol. The number of rotatable bonds is 9. The van der Waals surface area contributed by atoms with E-state index in [-0.39, 0.29) is 6.61 Å². The van der Waals surface area contributed by atoms with Gasteiger partial charge in [-0.15, -0.1) is 0 Å². The third-order valence-corrected chi connectivity index (χ3v) is 3.53. The summed E-state index contributed by atoms with van der Waals surface area (Å²) in [7, 11) is 0. The number of nitrogens with one attached hydrogen (secondary N) is 1. The van der Waals surface area contributed by atoms with Gasteiger partial charge in [0.15, 0.2) is 0 Å². The van der Waals surface area contributed by atoms with Crippen LogP contribution in [0.4, 0.5) is 5.69 Å². The summed E-state index contributed by atoms with van der Waals surface area (Å²) < 4.78 is 0. The van der Waals surface area contributed by atoms with E-state index in [0.717, 1.165) is 19.4 Å². The van der Waals surface area contributed by atoms with Crippen LogP contribution in [-0.2, 0) is 6.42 Å². The van der Waals surface area contributed by atoms with E-state index >= 15 is 0 Å². The van der Waals surface area contributed by atoms with Crippen LogP contribution in [0.15, 0.2) is 24.3 Å². The molecule has 0 atom stereocenters. The lowest BCUT2D eigenvalue weighted by Crippen LogP contribution is -2.03. The van der Waals surface area contributed by atoms with E-state index in [2.05, 4.69) is 36.5 Å². The lowest BCUT2D eigenvalue weighted by molar-refractivity contribution is 0.288. The standard InChI is InChI=1S/C14H23NOS/c1-2-17-11-5-9-15-14-8-3-6-13(12-14)7-4-10-16/h3,6,8,12,15-16H,2,4-5,7,9-11H2,1H3. The minimum absolute atomic E-state index is 0.270. The summed E-state index contributed by atoms with van der Waals surface area (Å²) in [6, 6.07) is 8.49. The zero-order valence-corrected chi connectivity index (χ0v) is 11.4. The van der Waals surface area contributed by atoms with Crippen LogP contribution in [0.3, 0.4) is 0 Å². The molecule has 0 aliphatic carbocycles. The number of aryl methyl sites for hydroxylation is 1. The summed E-state index contributed by atoms with van der Waals surface area (Å²) in [5, 5.41) is 12.2. The minimum Gasteiger partial charge on any atom is -0.396 e. The van der Waals surface area contributed by atoms with E-state index in [1.807, 2.05) is 11.8 Å². The van der Waals surface area contributed by atoms with E-state index in [1.54, 1.807) is 0 Å². The van der Waals surface area contributed by atoms with Crippen molar-refractivity contribution in [2.24, 2.45) is 0 Å². The van der Waals surface area contributed by atoms with Gasteiger partial charge in [-0.3, -0.25) is 0 Å². The van der Waals surface area contributed by atoms with Crippen molar-refractivity contribution in [1.29, 1.82) is 0 Å². The van der Waals surface area contributed by atoms with Gasteiger partial charge in [0, 0.05) is 18.8 Å². The fourth-order valence-corrected chi connectivity index (χ4v) is 2.31. The highest BCUT2D eigenvalue weighted by molar-refractivity contribution is 7.99. The second-order valence-electron chi connectivity index (χ2n) is 4.00. The molecule has 0 saturated heterocycles.